The average Bonchev–Trinajstić information content (AvgIpc) is 2.38. The van der Waals surface area contributed by atoms with E-state index in [1.807, 2.05) is 0 Å². The van der Waals surface area contributed by atoms with E-state index in [1.165, 1.54) is 12.1 Å². The number of benzene rings is 1. The summed E-state index contributed by atoms with van der Waals surface area (Å²) in [5, 5.41) is 3.70. The summed E-state index contributed by atoms with van der Waals surface area (Å²) in [6, 6.07) is 11.4. The number of nitrogens with zero attached hydrogens (tertiary/aromatic N) is 1. The Bertz CT molecular complexity index is 411. The summed E-state index contributed by atoms with van der Waals surface area (Å²) < 4.78 is 0. The van der Waals surface area contributed by atoms with Crippen molar-refractivity contribution in [2.24, 2.45) is 11.8 Å². The molecule has 112 valence electrons. The van der Waals surface area contributed by atoms with E-state index in [-0.39, 0.29) is 5.54 Å². The van der Waals surface area contributed by atoms with Crippen LogP contribution in [0.3, 0.4) is 0 Å². The van der Waals surface area contributed by atoms with Crippen LogP contribution >= 0.6 is 0 Å². The number of nitrogens with one attached hydrogen (secondary N) is 1. The first-order valence-corrected chi connectivity index (χ1v) is 7.93. The maximum Gasteiger partial charge on any atom is 0.0473 e. The summed E-state index contributed by atoms with van der Waals surface area (Å²) in [5.41, 5.74) is 1.65. The van der Waals surface area contributed by atoms with Crippen molar-refractivity contribution in [1.29, 1.82) is 0 Å². The Balaban J connectivity index is 2.16. The van der Waals surface area contributed by atoms with Crippen molar-refractivity contribution in [1.82, 2.24) is 10.2 Å². The molecule has 1 saturated heterocycles. The molecule has 1 N–H and O–H groups in total. The fourth-order valence-corrected chi connectivity index (χ4v) is 2.95. The van der Waals surface area contributed by atoms with E-state index in [0.29, 0.717) is 6.04 Å². The molecular weight excluding hydrogens is 244 g/mol. The molecule has 2 rings (SSSR count). The Labute approximate surface area is 124 Å². The van der Waals surface area contributed by atoms with Crippen LogP contribution in [-0.4, -0.2) is 30.1 Å². The lowest BCUT2D eigenvalue weighted by atomic mass is 9.91. The molecule has 1 aromatic carbocycles. The van der Waals surface area contributed by atoms with Gasteiger partial charge >= 0.3 is 0 Å². The molecular formula is C18H30N2. The summed E-state index contributed by atoms with van der Waals surface area (Å²) in [4.78, 5) is 2.68. The normalized spacial score (nSPS) is 24.8. The monoisotopic (exact) mass is 274 g/mol. The Morgan fingerprint density at radius 1 is 1.20 bits per heavy atom. The second-order valence-corrected chi connectivity index (χ2v) is 7.34. The van der Waals surface area contributed by atoms with Gasteiger partial charge in [-0.15, -0.1) is 0 Å². The number of hydrogen-bond donors (Lipinski definition) is 1. The lowest BCUT2D eigenvalue weighted by molar-refractivity contribution is 0.0737. The molecule has 0 radical (unpaired) electrons. The lowest BCUT2D eigenvalue weighted by Gasteiger charge is -2.46. The molecule has 1 aliphatic rings. The van der Waals surface area contributed by atoms with Gasteiger partial charge < -0.3 is 5.32 Å². The highest BCUT2D eigenvalue weighted by molar-refractivity contribution is 5.20. The molecule has 0 amide bonds. The molecule has 2 nitrogen and oxygen atoms in total. The van der Waals surface area contributed by atoms with Gasteiger partial charge in [0.15, 0.2) is 0 Å². The van der Waals surface area contributed by atoms with E-state index in [1.54, 1.807) is 0 Å². The van der Waals surface area contributed by atoms with Crippen LogP contribution in [0.2, 0.25) is 0 Å². The van der Waals surface area contributed by atoms with Crippen LogP contribution in [0.15, 0.2) is 30.3 Å². The maximum absolute atomic E-state index is 3.70. The van der Waals surface area contributed by atoms with Crippen LogP contribution in [0, 0.1) is 11.8 Å². The second-order valence-electron chi connectivity index (χ2n) is 7.34. The number of piperazine rings is 1. The van der Waals surface area contributed by atoms with Gasteiger partial charge in [0.2, 0.25) is 0 Å². The van der Waals surface area contributed by atoms with Gasteiger partial charge in [-0.05, 0) is 31.2 Å². The Kier molecular flexibility index (Phi) is 4.87. The largest absolute Gasteiger partial charge is 0.309 e. The van der Waals surface area contributed by atoms with Gasteiger partial charge in [0.1, 0.15) is 0 Å². The van der Waals surface area contributed by atoms with Gasteiger partial charge in [-0.25, -0.2) is 0 Å². The third-order valence-corrected chi connectivity index (χ3v) is 4.66. The molecule has 2 heteroatoms. The molecule has 1 heterocycles. The van der Waals surface area contributed by atoms with Crippen molar-refractivity contribution in [2.45, 2.75) is 46.2 Å². The summed E-state index contributed by atoms with van der Waals surface area (Å²) >= 11 is 0. The van der Waals surface area contributed by atoms with Gasteiger partial charge in [0.05, 0.1) is 0 Å². The van der Waals surface area contributed by atoms with Gasteiger partial charge in [0, 0.05) is 31.2 Å². The first kappa shape index (κ1) is 15.5. The number of hydrogen-bond acceptors (Lipinski definition) is 2. The van der Waals surface area contributed by atoms with Crippen LogP contribution in [0.4, 0.5) is 0 Å². The zero-order chi connectivity index (χ0) is 14.8. The van der Waals surface area contributed by atoms with Crippen molar-refractivity contribution in [2.75, 3.05) is 19.6 Å². The smallest absolute Gasteiger partial charge is 0.0473 e. The van der Waals surface area contributed by atoms with E-state index in [0.717, 1.165) is 24.9 Å². The summed E-state index contributed by atoms with van der Waals surface area (Å²) in [6.07, 6.45) is 0. The van der Waals surface area contributed by atoms with E-state index < -0.39 is 0 Å². The minimum absolute atomic E-state index is 0.210. The lowest BCUT2D eigenvalue weighted by Crippen LogP contribution is -2.58. The second kappa shape index (κ2) is 6.28. The minimum Gasteiger partial charge on any atom is -0.309 e. The first-order chi connectivity index (χ1) is 9.39. The van der Waals surface area contributed by atoms with Crippen LogP contribution in [0.5, 0.6) is 0 Å². The molecule has 2 unspecified atom stereocenters. The number of rotatable bonds is 4. The van der Waals surface area contributed by atoms with E-state index in [2.05, 4.69) is 75.2 Å². The Morgan fingerprint density at radius 2 is 1.85 bits per heavy atom. The molecule has 0 aliphatic carbocycles. The zero-order valence-corrected chi connectivity index (χ0v) is 13.7. The van der Waals surface area contributed by atoms with Crippen LogP contribution in [0.25, 0.3) is 0 Å². The minimum atomic E-state index is 0.210. The zero-order valence-electron chi connectivity index (χ0n) is 13.7. The van der Waals surface area contributed by atoms with Crippen LogP contribution in [0.1, 0.15) is 46.2 Å². The van der Waals surface area contributed by atoms with Gasteiger partial charge in [-0.2, -0.15) is 0 Å². The highest BCUT2D eigenvalue weighted by Crippen LogP contribution is 2.28. The quantitative estimate of drug-likeness (QED) is 0.900. The predicted molar refractivity (Wildman–Crippen MR) is 86.8 cm³/mol. The molecule has 0 bridgehead atoms. The first-order valence-electron chi connectivity index (χ1n) is 7.93. The van der Waals surface area contributed by atoms with Crippen molar-refractivity contribution in [3.63, 3.8) is 0 Å². The van der Waals surface area contributed by atoms with Crippen LogP contribution in [-0.2, 0) is 0 Å². The maximum atomic E-state index is 3.70. The van der Waals surface area contributed by atoms with Crippen LogP contribution < -0.4 is 5.32 Å². The summed E-state index contributed by atoms with van der Waals surface area (Å²) in [5.74, 6) is 1.47. The van der Waals surface area contributed by atoms with E-state index >= 15 is 0 Å². The fourth-order valence-electron chi connectivity index (χ4n) is 2.95. The topological polar surface area (TPSA) is 15.3 Å². The molecule has 1 aromatic rings. The van der Waals surface area contributed by atoms with Crippen molar-refractivity contribution >= 4 is 0 Å². The molecule has 0 aromatic heterocycles. The molecule has 1 fully saturated rings. The van der Waals surface area contributed by atoms with Gasteiger partial charge in [-0.1, -0.05) is 51.1 Å². The van der Waals surface area contributed by atoms with E-state index in [4.69, 9.17) is 0 Å². The van der Waals surface area contributed by atoms with Gasteiger partial charge in [-0.3, -0.25) is 4.90 Å². The standard InChI is InChI=1S/C18H30N2/c1-14(2)15(3)12-20-13-18(4,5)19-11-17(20)16-9-7-6-8-10-16/h6-10,14-15,17,19H,11-13H2,1-5H3. The Morgan fingerprint density at radius 3 is 2.45 bits per heavy atom. The molecule has 0 spiro atoms. The molecule has 0 saturated carbocycles. The average molecular weight is 274 g/mol. The van der Waals surface area contributed by atoms with Gasteiger partial charge in [0.25, 0.3) is 0 Å². The highest BCUT2D eigenvalue weighted by Gasteiger charge is 2.33. The predicted octanol–water partition coefficient (Wildman–Crippen LogP) is 3.70. The third kappa shape index (κ3) is 3.83. The SMILES string of the molecule is CC(C)C(C)CN1CC(C)(C)NCC1c1ccccc1. The molecule has 1 aliphatic heterocycles. The molecule has 20 heavy (non-hydrogen) atoms. The highest BCUT2D eigenvalue weighted by atomic mass is 15.2. The Hall–Kier alpha value is -0.860. The molecule has 2 atom stereocenters. The summed E-state index contributed by atoms with van der Waals surface area (Å²) in [6.45, 7) is 15.0. The van der Waals surface area contributed by atoms with E-state index in [9.17, 15) is 0 Å². The third-order valence-electron chi connectivity index (χ3n) is 4.66. The van der Waals surface area contributed by atoms with Crippen molar-refractivity contribution in [3.8, 4) is 0 Å². The van der Waals surface area contributed by atoms with Crippen molar-refractivity contribution < 1.29 is 0 Å². The fraction of sp³-hybridized carbons (Fsp3) is 0.667. The summed E-state index contributed by atoms with van der Waals surface area (Å²) in [7, 11) is 0. The van der Waals surface area contributed by atoms with Crippen molar-refractivity contribution in [3.05, 3.63) is 35.9 Å².